The highest BCUT2D eigenvalue weighted by molar-refractivity contribution is 5.91. The van der Waals surface area contributed by atoms with Gasteiger partial charge in [0.25, 0.3) is 0 Å². The number of carbonyl (C=O) groups excluding carboxylic acids is 4. The van der Waals surface area contributed by atoms with E-state index in [0.29, 0.717) is 12.8 Å². The van der Waals surface area contributed by atoms with Crippen molar-refractivity contribution in [3.05, 3.63) is 47.5 Å². The minimum absolute atomic E-state index is 0.0683. The Morgan fingerprint density at radius 2 is 1.00 bits per heavy atom. The van der Waals surface area contributed by atoms with Crippen molar-refractivity contribution in [2.24, 2.45) is 0 Å². The van der Waals surface area contributed by atoms with Gasteiger partial charge < -0.3 is 37.9 Å². The molecule has 1 saturated carbocycles. The van der Waals surface area contributed by atoms with Gasteiger partial charge in [0.2, 0.25) is 0 Å². The van der Waals surface area contributed by atoms with Gasteiger partial charge in [-0.25, -0.2) is 19.2 Å². The predicted molar refractivity (Wildman–Crippen MR) is 129 cm³/mol. The van der Waals surface area contributed by atoms with E-state index < -0.39 is 36.5 Å². The van der Waals surface area contributed by atoms with E-state index in [9.17, 15) is 19.2 Å². The van der Waals surface area contributed by atoms with Gasteiger partial charge in [-0.1, -0.05) is 0 Å². The summed E-state index contributed by atoms with van der Waals surface area (Å²) in [4.78, 5) is 48.6. The number of ether oxygens (including phenoxy) is 8. The van der Waals surface area contributed by atoms with Crippen molar-refractivity contribution in [3.63, 3.8) is 0 Å². The molecule has 2 unspecified atom stereocenters. The molecule has 2 aromatic rings. The predicted octanol–water partition coefficient (Wildman–Crippen LogP) is 4.32. The molecule has 1 fully saturated rings. The average molecular weight is 532 g/mol. The Balaban J connectivity index is 1.70. The number of esters is 2. The van der Waals surface area contributed by atoms with Crippen LogP contribution in [0.15, 0.2) is 36.4 Å². The van der Waals surface area contributed by atoms with Crippen molar-refractivity contribution in [1.29, 1.82) is 0 Å². The molecular weight excluding hydrogens is 504 g/mol. The third-order valence-electron chi connectivity index (χ3n) is 5.68. The zero-order valence-corrected chi connectivity index (χ0v) is 21.3. The molecule has 12 heteroatoms. The van der Waals surface area contributed by atoms with Crippen molar-refractivity contribution >= 4 is 24.2 Å². The van der Waals surface area contributed by atoms with Gasteiger partial charge in [0.1, 0.15) is 12.2 Å². The van der Waals surface area contributed by atoms with Crippen molar-refractivity contribution in [3.8, 4) is 23.0 Å². The molecule has 0 spiro atoms. The topological polar surface area (TPSA) is 142 Å². The molecule has 1 aliphatic rings. The summed E-state index contributed by atoms with van der Waals surface area (Å²) in [5.41, 5.74) is 0.307. The molecule has 3 rings (SSSR count). The summed E-state index contributed by atoms with van der Waals surface area (Å²) in [5.74, 6) is -0.925. The fourth-order valence-electron chi connectivity index (χ4n) is 3.76. The normalized spacial score (nSPS) is 16.4. The Morgan fingerprint density at radius 3 is 1.34 bits per heavy atom. The highest BCUT2D eigenvalue weighted by atomic mass is 16.7. The van der Waals surface area contributed by atoms with E-state index in [2.05, 4.69) is 9.47 Å². The second-order valence-electron chi connectivity index (χ2n) is 8.02. The molecule has 0 aromatic heterocycles. The Labute approximate surface area is 218 Å². The summed E-state index contributed by atoms with van der Waals surface area (Å²) in [5, 5.41) is 0. The molecule has 0 heterocycles. The summed E-state index contributed by atoms with van der Waals surface area (Å²) >= 11 is 0. The third kappa shape index (κ3) is 7.05. The van der Waals surface area contributed by atoms with Gasteiger partial charge in [-0.3, -0.25) is 0 Å². The third-order valence-corrected chi connectivity index (χ3v) is 5.68. The van der Waals surface area contributed by atoms with E-state index in [4.69, 9.17) is 28.4 Å². The monoisotopic (exact) mass is 532 g/mol. The van der Waals surface area contributed by atoms with Crippen LogP contribution in [0.2, 0.25) is 0 Å². The molecule has 204 valence electrons. The van der Waals surface area contributed by atoms with Crippen LogP contribution in [-0.4, -0.2) is 64.9 Å². The van der Waals surface area contributed by atoms with Gasteiger partial charge in [0.05, 0.1) is 39.6 Å². The largest absolute Gasteiger partial charge is 0.513 e. The van der Waals surface area contributed by atoms with Gasteiger partial charge in [-0.15, -0.1) is 0 Å². The Bertz CT molecular complexity index is 1080. The van der Waals surface area contributed by atoms with Gasteiger partial charge in [0, 0.05) is 0 Å². The molecule has 2 aromatic carbocycles. The Kier molecular flexibility index (Phi) is 9.74. The Morgan fingerprint density at radius 1 is 0.605 bits per heavy atom. The van der Waals surface area contributed by atoms with Crippen molar-refractivity contribution in [2.45, 2.75) is 37.9 Å². The smallest absolute Gasteiger partial charge is 0.493 e. The van der Waals surface area contributed by atoms with Crippen LogP contribution >= 0.6 is 0 Å². The first-order valence-electron chi connectivity index (χ1n) is 11.6. The molecule has 0 amide bonds. The van der Waals surface area contributed by atoms with E-state index in [1.165, 1.54) is 64.8 Å². The summed E-state index contributed by atoms with van der Waals surface area (Å²) in [6, 6.07) is 8.33. The maximum absolute atomic E-state index is 12.9. The van der Waals surface area contributed by atoms with Gasteiger partial charge >= 0.3 is 24.2 Å². The second-order valence-corrected chi connectivity index (χ2v) is 8.02. The average Bonchev–Trinajstić information content (AvgIpc) is 2.94. The Hall–Kier alpha value is -4.48. The van der Waals surface area contributed by atoms with Crippen LogP contribution in [0, 0.1) is 0 Å². The number of methoxy groups -OCH3 is 4. The number of benzene rings is 2. The minimum atomic E-state index is -0.936. The molecule has 0 bridgehead atoms. The quantitative estimate of drug-likeness (QED) is 0.271. The lowest BCUT2D eigenvalue weighted by molar-refractivity contribution is -0.0514. The molecule has 38 heavy (non-hydrogen) atoms. The second kappa shape index (κ2) is 13.2. The molecular formula is C26H28O12. The molecule has 12 nitrogen and oxygen atoms in total. The lowest BCUT2D eigenvalue weighted by Gasteiger charge is -2.30. The summed E-state index contributed by atoms with van der Waals surface area (Å²) in [6.07, 6.45) is -0.660. The standard InChI is InChI=1S/C26H28O12/c1-31-21-13-15(9-11-19(21)37-25(29)33-3)23(27)35-17-7-5-6-8-18(17)36-24(28)16-10-12-20(22(14-16)32-2)38-26(30)34-4/h9-14,17-18H,5-8H2,1-4H3. The minimum Gasteiger partial charge on any atom is -0.493 e. The van der Waals surface area contributed by atoms with E-state index >= 15 is 0 Å². The van der Waals surface area contributed by atoms with E-state index in [-0.39, 0.29) is 34.1 Å². The fourth-order valence-corrected chi connectivity index (χ4v) is 3.76. The SMILES string of the molecule is COC(=O)Oc1ccc(C(=O)OC2CCCCC2OC(=O)c2ccc(OC(=O)OC)c(OC)c2)cc1OC. The number of hydrogen-bond donors (Lipinski definition) is 0. The van der Waals surface area contributed by atoms with Crippen LogP contribution in [0.5, 0.6) is 23.0 Å². The molecule has 1 aliphatic carbocycles. The highest BCUT2D eigenvalue weighted by Crippen LogP contribution is 2.32. The van der Waals surface area contributed by atoms with Crippen LogP contribution < -0.4 is 18.9 Å². The lowest BCUT2D eigenvalue weighted by atomic mass is 9.94. The van der Waals surface area contributed by atoms with Crippen LogP contribution in [0.3, 0.4) is 0 Å². The first-order chi connectivity index (χ1) is 18.3. The first-order valence-corrected chi connectivity index (χ1v) is 11.6. The lowest BCUT2D eigenvalue weighted by Crippen LogP contribution is -2.37. The van der Waals surface area contributed by atoms with Gasteiger partial charge in [-0.05, 0) is 62.1 Å². The van der Waals surface area contributed by atoms with Gasteiger partial charge in [-0.2, -0.15) is 0 Å². The molecule has 0 aliphatic heterocycles. The van der Waals surface area contributed by atoms with Crippen LogP contribution in [0.25, 0.3) is 0 Å². The molecule has 0 radical (unpaired) electrons. The van der Waals surface area contributed by atoms with Crippen molar-refractivity contribution < 1.29 is 57.1 Å². The van der Waals surface area contributed by atoms with E-state index in [1.807, 2.05) is 0 Å². The maximum Gasteiger partial charge on any atom is 0.513 e. The molecule has 0 saturated heterocycles. The van der Waals surface area contributed by atoms with Crippen LogP contribution in [0.1, 0.15) is 46.4 Å². The van der Waals surface area contributed by atoms with Crippen LogP contribution in [-0.2, 0) is 18.9 Å². The molecule has 0 N–H and O–H groups in total. The van der Waals surface area contributed by atoms with E-state index in [0.717, 1.165) is 12.8 Å². The van der Waals surface area contributed by atoms with E-state index in [1.54, 1.807) is 0 Å². The van der Waals surface area contributed by atoms with Crippen molar-refractivity contribution in [2.75, 3.05) is 28.4 Å². The maximum atomic E-state index is 12.9. The van der Waals surface area contributed by atoms with Crippen LogP contribution in [0.4, 0.5) is 9.59 Å². The number of hydrogen-bond acceptors (Lipinski definition) is 12. The summed E-state index contributed by atoms with van der Waals surface area (Å²) in [7, 11) is 5.04. The fraction of sp³-hybridized carbons (Fsp3) is 0.385. The zero-order chi connectivity index (χ0) is 27.7. The number of carbonyl (C=O) groups is 4. The summed E-state index contributed by atoms with van der Waals surface area (Å²) in [6.45, 7) is 0. The van der Waals surface area contributed by atoms with Gasteiger partial charge in [0.15, 0.2) is 23.0 Å². The number of rotatable bonds is 8. The van der Waals surface area contributed by atoms with Crippen molar-refractivity contribution in [1.82, 2.24) is 0 Å². The summed E-state index contributed by atoms with van der Waals surface area (Å²) < 4.78 is 40.7. The molecule has 2 atom stereocenters. The highest BCUT2D eigenvalue weighted by Gasteiger charge is 2.32. The first kappa shape index (κ1) is 28.1. The zero-order valence-electron chi connectivity index (χ0n) is 21.3.